The second-order valence-corrected chi connectivity index (χ2v) is 5.30. The molecule has 1 heteroatoms. The smallest absolute Gasteiger partial charge is 0.00714 e. The Labute approximate surface area is 105 Å². The molecule has 0 aromatic heterocycles. The monoisotopic (exact) mass is 231 g/mol. The molecule has 0 saturated heterocycles. The summed E-state index contributed by atoms with van der Waals surface area (Å²) in [5.74, 6) is 0.727. The molecule has 0 fully saturated rings. The molecule has 0 amide bonds. The van der Waals surface area contributed by atoms with Crippen molar-refractivity contribution in [3.8, 4) is 0 Å². The molecule has 0 aliphatic heterocycles. The topological polar surface area (TPSA) is 26.0 Å². The van der Waals surface area contributed by atoms with Gasteiger partial charge < -0.3 is 5.73 Å². The molecule has 0 spiro atoms. The minimum atomic E-state index is 0.727. The fourth-order valence-corrected chi connectivity index (χ4v) is 2.98. The molecular weight excluding hydrogens is 206 g/mol. The Morgan fingerprint density at radius 1 is 1.35 bits per heavy atom. The predicted octanol–water partition coefficient (Wildman–Crippen LogP) is 3.80. The molecule has 2 N–H and O–H groups in total. The van der Waals surface area contributed by atoms with Gasteiger partial charge in [-0.3, -0.25) is 0 Å². The van der Waals surface area contributed by atoms with Gasteiger partial charge in [0.15, 0.2) is 0 Å². The van der Waals surface area contributed by atoms with Gasteiger partial charge >= 0.3 is 0 Å². The number of aryl methyl sites for hydroxylation is 2. The van der Waals surface area contributed by atoms with Crippen molar-refractivity contribution in [1.82, 2.24) is 0 Å². The maximum absolute atomic E-state index is 5.73. The molecule has 1 aromatic rings. The van der Waals surface area contributed by atoms with Gasteiger partial charge in [-0.25, -0.2) is 0 Å². The number of hydrogen-bond donors (Lipinski definition) is 1. The van der Waals surface area contributed by atoms with Gasteiger partial charge in [0.1, 0.15) is 0 Å². The van der Waals surface area contributed by atoms with Gasteiger partial charge in [0.2, 0.25) is 0 Å². The molecule has 17 heavy (non-hydrogen) atoms. The van der Waals surface area contributed by atoms with Crippen LogP contribution in [0.3, 0.4) is 0 Å². The summed E-state index contributed by atoms with van der Waals surface area (Å²) in [5.41, 5.74) is 10.4. The molecule has 0 radical (unpaired) electrons. The lowest BCUT2D eigenvalue weighted by Crippen LogP contribution is -2.14. The van der Waals surface area contributed by atoms with Crippen LogP contribution in [-0.4, -0.2) is 6.54 Å². The van der Waals surface area contributed by atoms with Crippen LogP contribution < -0.4 is 5.73 Å². The van der Waals surface area contributed by atoms with Crippen molar-refractivity contribution in [3.05, 3.63) is 34.9 Å². The zero-order chi connectivity index (χ0) is 12.1. The highest BCUT2D eigenvalue weighted by Gasteiger charge is 2.19. The maximum Gasteiger partial charge on any atom is -0.00714 e. The maximum atomic E-state index is 5.73. The molecule has 0 saturated carbocycles. The predicted molar refractivity (Wildman–Crippen MR) is 74.4 cm³/mol. The van der Waals surface area contributed by atoms with Crippen LogP contribution in [-0.2, 0) is 12.8 Å². The van der Waals surface area contributed by atoms with E-state index in [1.807, 2.05) is 0 Å². The summed E-state index contributed by atoms with van der Waals surface area (Å²) in [7, 11) is 0. The fraction of sp³-hybridized carbons (Fsp3) is 0.625. The Kier molecular flexibility index (Phi) is 4.61. The Morgan fingerprint density at radius 2 is 2.24 bits per heavy atom. The molecule has 1 unspecified atom stereocenters. The van der Waals surface area contributed by atoms with Gasteiger partial charge in [-0.2, -0.15) is 0 Å². The number of hydrogen-bond acceptors (Lipinski definition) is 1. The van der Waals surface area contributed by atoms with E-state index in [1.165, 1.54) is 44.1 Å². The average molecular weight is 231 g/mol. The van der Waals surface area contributed by atoms with E-state index < -0.39 is 0 Å². The Balaban J connectivity index is 2.18. The molecule has 1 aliphatic rings. The van der Waals surface area contributed by atoms with Crippen molar-refractivity contribution in [3.63, 3.8) is 0 Å². The Hall–Kier alpha value is -0.820. The molecular formula is C16H25N. The second kappa shape index (κ2) is 6.20. The molecule has 0 bridgehead atoms. The van der Waals surface area contributed by atoms with Gasteiger partial charge in [0.05, 0.1) is 0 Å². The van der Waals surface area contributed by atoms with E-state index in [0.29, 0.717) is 0 Å². The average Bonchev–Trinajstić information content (AvgIpc) is 2.37. The lowest BCUT2D eigenvalue weighted by atomic mass is 9.80. The lowest BCUT2D eigenvalue weighted by molar-refractivity contribution is 0.525. The quantitative estimate of drug-likeness (QED) is 0.819. The Bertz CT molecular complexity index is 357. The molecule has 2 rings (SSSR count). The lowest BCUT2D eigenvalue weighted by Gasteiger charge is -2.26. The first-order chi connectivity index (χ1) is 8.35. The first kappa shape index (κ1) is 12.6. The van der Waals surface area contributed by atoms with Crippen molar-refractivity contribution in [2.24, 2.45) is 5.73 Å². The SMILES string of the molecule is CCCCc1ccc2c(c1)C(CCN)CCC2. The summed E-state index contributed by atoms with van der Waals surface area (Å²) >= 11 is 0. The van der Waals surface area contributed by atoms with Crippen LogP contribution in [0.15, 0.2) is 18.2 Å². The second-order valence-electron chi connectivity index (χ2n) is 5.30. The van der Waals surface area contributed by atoms with Crippen LogP contribution >= 0.6 is 0 Å². The number of rotatable bonds is 5. The molecule has 0 heterocycles. The third kappa shape index (κ3) is 3.10. The van der Waals surface area contributed by atoms with Gasteiger partial charge in [0, 0.05) is 0 Å². The largest absolute Gasteiger partial charge is 0.330 e. The van der Waals surface area contributed by atoms with Crippen LogP contribution in [0, 0.1) is 0 Å². The first-order valence-electron chi connectivity index (χ1n) is 7.17. The summed E-state index contributed by atoms with van der Waals surface area (Å²) < 4.78 is 0. The number of fused-ring (bicyclic) bond motifs is 1. The number of unbranched alkanes of at least 4 members (excludes halogenated alkanes) is 1. The van der Waals surface area contributed by atoms with E-state index in [-0.39, 0.29) is 0 Å². The van der Waals surface area contributed by atoms with E-state index in [9.17, 15) is 0 Å². The summed E-state index contributed by atoms with van der Waals surface area (Å²) in [6, 6.07) is 7.16. The fourth-order valence-electron chi connectivity index (χ4n) is 2.98. The minimum Gasteiger partial charge on any atom is -0.330 e. The summed E-state index contributed by atoms with van der Waals surface area (Å²) in [4.78, 5) is 0. The highest BCUT2D eigenvalue weighted by molar-refractivity contribution is 5.36. The Morgan fingerprint density at radius 3 is 3.00 bits per heavy atom. The molecule has 1 aliphatic carbocycles. The third-order valence-electron chi connectivity index (χ3n) is 3.98. The van der Waals surface area contributed by atoms with E-state index in [2.05, 4.69) is 25.1 Å². The van der Waals surface area contributed by atoms with Gasteiger partial charge in [-0.05, 0) is 67.7 Å². The normalized spacial score (nSPS) is 19.1. The number of nitrogens with two attached hydrogens (primary N) is 1. The van der Waals surface area contributed by atoms with Crippen LogP contribution in [0.25, 0.3) is 0 Å². The zero-order valence-electron chi connectivity index (χ0n) is 11.0. The molecule has 94 valence electrons. The van der Waals surface area contributed by atoms with Gasteiger partial charge in [-0.1, -0.05) is 31.5 Å². The van der Waals surface area contributed by atoms with Crippen LogP contribution in [0.4, 0.5) is 0 Å². The highest BCUT2D eigenvalue weighted by atomic mass is 14.5. The highest BCUT2D eigenvalue weighted by Crippen LogP contribution is 2.34. The summed E-state index contributed by atoms with van der Waals surface area (Å²) in [6.07, 6.45) is 8.92. The van der Waals surface area contributed by atoms with E-state index >= 15 is 0 Å². The van der Waals surface area contributed by atoms with Crippen molar-refractivity contribution >= 4 is 0 Å². The standard InChI is InChI=1S/C16H25N/c1-2-3-5-13-8-9-14-6-4-7-15(10-11-17)16(14)12-13/h8-9,12,15H,2-7,10-11,17H2,1H3. The van der Waals surface area contributed by atoms with Crippen molar-refractivity contribution in [2.45, 2.75) is 57.8 Å². The molecule has 1 nitrogen and oxygen atoms in total. The summed E-state index contributed by atoms with van der Waals surface area (Å²) in [5, 5.41) is 0. The molecule has 1 atom stereocenters. The van der Waals surface area contributed by atoms with E-state index in [0.717, 1.165) is 18.9 Å². The van der Waals surface area contributed by atoms with Crippen molar-refractivity contribution in [1.29, 1.82) is 0 Å². The van der Waals surface area contributed by atoms with E-state index in [4.69, 9.17) is 5.73 Å². The molecule has 1 aromatic carbocycles. The van der Waals surface area contributed by atoms with Crippen LogP contribution in [0.2, 0.25) is 0 Å². The minimum absolute atomic E-state index is 0.727. The van der Waals surface area contributed by atoms with E-state index in [1.54, 1.807) is 11.1 Å². The first-order valence-corrected chi connectivity index (χ1v) is 7.17. The zero-order valence-corrected chi connectivity index (χ0v) is 11.0. The van der Waals surface area contributed by atoms with Gasteiger partial charge in [-0.15, -0.1) is 0 Å². The third-order valence-corrected chi connectivity index (χ3v) is 3.98. The van der Waals surface area contributed by atoms with Gasteiger partial charge in [0.25, 0.3) is 0 Å². The van der Waals surface area contributed by atoms with Crippen LogP contribution in [0.5, 0.6) is 0 Å². The van der Waals surface area contributed by atoms with Crippen molar-refractivity contribution in [2.75, 3.05) is 6.54 Å². The number of benzene rings is 1. The van der Waals surface area contributed by atoms with Crippen molar-refractivity contribution < 1.29 is 0 Å². The van der Waals surface area contributed by atoms with Crippen LogP contribution in [0.1, 0.15) is 61.6 Å². The summed E-state index contributed by atoms with van der Waals surface area (Å²) in [6.45, 7) is 3.08.